The monoisotopic (exact) mass is 526 g/mol. The number of carbonyl (C=O) groups excluding carboxylic acids is 2. The Labute approximate surface area is 194 Å². The number of thioether (sulfide) groups is 2. The lowest BCUT2D eigenvalue weighted by Crippen LogP contribution is -1.98. The Balaban J connectivity index is 0. The second-order valence-electron chi connectivity index (χ2n) is 5.62. The predicted octanol–water partition coefficient (Wildman–Crippen LogP) is 5.32. The minimum atomic E-state index is -3.33. The van der Waals surface area contributed by atoms with Gasteiger partial charge in [-0.1, -0.05) is 30.4 Å². The molecule has 0 aromatic heterocycles. The summed E-state index contributed by atoms with van der Waals surface area (Å²) in [6.07, 6.45) is 3.67. The van der Waals surface area contributed by atoms with Crippen LogP contribution in [-0.4, -0.2) is 63.4 Å². The summed E-state index contributed by atoms with van der Waals surface area (Å²) in [5.74, 6) is 1.52. The molecule has 0 spiro atoms. The number of phosphoric acid groups is 2. The molecule has 0 atom stereocenters. The fourth-order valence-corrected chi connectivity index (χ4v) is 4.47. The van der Waals surface area contributed by atoms with E-state index in [1.54, 1.807) is 0 Å². The van der Waals surface area contributed by atoms with Crippen molar-refractivity contribution in [3.05, 3.63) is 0 Å². The lowest BCUT2D eigenvalue weighted by molar-refractivity contribution is -0.111. The highest BCUT2D eigenvalue weighted by Crippen LogP contribution is 2.48. The topological polar surface area (TPSA) is 124 Å². The Bertz CT molecular complexity index is 561. The molecule has 0 heterocycles. The molecule has 0 saturated carbocycles. The van der Waals surface area contributed by atoms with E-state index in [2.05, 4.69) is 18.1 Å². The smallest absolute Gasteiger partial charge is 0.290 e. The molecule has 31 heavy (non-hydrogen) atoms. The Morgan fingerprint density at radius 2 is 1.10 bits per heavy atom. The average Bonchev–Trinajstić information content (AvgIpc) is 2.78. The van der Waals surface area contributed by atoms with Crippen LogP contribution >= 0.6 is 39.2 Å². The third kappa shape index (κ3) is 20.6. The molecule has 0 aromatic rings. The summed E-state index contributed by atoms with van der Waals surface area (Å²) in [5.41, 5.74) is 0. The van der Waals surface area contributed by atoms with Gasteiger partial charge in [0.2, 0.25) is 0 Å². The van der Waals surface area contributed by atoms with Gasteiger partial charge in [0.05, 0.1) is 13.2 Å². The molecule has 0 bridgehead atoms. The van der Waals surface area contributed by atoms with Crippen molar-refractivity contribution in [1.82, 2.24) is 0 Å². The highest BCUT2D eigenvalue weighted by molar-refractivity contribution is 8.13. The van der Waals surface area contributed by atoms with E-state index in [-0.39, 0.29) is 10.2 Å². The zero-order chi connectivity index (χ0) is 24.2. The molecule has 0 aliphatic heterocycles. The van der Waals surface area contributed by atoms with Crippen LogP contribution in [0.15, 0.2) is 0 Å². The second-order valence-corrected chi connectivity index (χ2v) is 11.8. The van der Waals surface area contributed by atoms with Gasteiger partial charge in [-0.2, -0.15) is 0 Å². The van der Waals surface area contributed by atoms with E-state index in [0.717, 1.165) is 37.2 Å². The molecule has 0 aliphatic carbocycles. The molecule has 0 fully saturated rings. The zero-order valence-corrected chi connectivity index (χ0v) is 22.6. The lowest BCUT2D eigenvalue weighted by Gasteiger charge is -2.12. The van der Waals surface area contributed by atoms with Gasteiger partial charge in [-0.15, -0.1) is 0 Å². The first-order valence-corrected chi connectivity index (χ1v) is 14.5. The average molecular weight is 527 g/mol. The first-order valence-electron chi connectivity index (χ1n) is 9.63. The molecule has 0 N–H and O–H groups in total. The molecule has 0 aliphatic rings. The minimum Gasteiger partial charge on any atom is -0.290 e. The van der Waals surface area contributed by atoms with Crippen molar-refractivity contribution in [2.45, 2.75) is 46.0 Å². The van der Waals surface area contributed by atoms with Crippen molar-refractivity contribution in [1.29, 1.82) is 0 Å². The molecule has 0 radical (unpaired) electrons. The Morgan fingerprint density at radius 3 is 1.42 bits per heavy atom. The summed E-state index contributed by atoms with van der Waals surface area (Å²) in [7, 11) is -1.55. The summed E-state index contributed by atoms with van der Waals surface area (Å²) in [6.45, 7) is 3.98. The summed E-state index contributed by atoms with van der Waals surface area (Å²) in [4.78, 5) is 21.5. The van der Waals surface area contributed by atoms with Crippen LogP contribution in [0.1, 0.15) is 46.0 Å². The van der Waals surface area contributed by atoms with Crippen LogP contribution < -0.4 is 0 Å². The molecule has 0 amide bonds. The molecule has 0 aromatic carbocycles. The van der Waals surface area contributed by atoms with Crippen LogP contribution in [0, 0.1) is 0 Å². The van der Waals surface area contributed by atoms with E-state index < -0.39 is 15.6 Å². The number of hydrogen-bond acceptors (Lipinski definition) is 12. The van der Waals surface area contributed by atoms with Crippen molar-refractivity contribution in [2.24, 2.45) is 0 Å². The molecule has 14 heteroatoms. The van der Waals surface area contributed by atoms with Crippen LogP contribution in [0.5, 0.6) is 0 Å². The molecule has 0 rings (SSSR count). The van der Waals surface area contributed by atoms with Crippen molar-refractivity contribution in [3.8, 4) is 0 Å². The summed E-state index contributed by atoms with van der Waals surface area (Å²) in [5, 5.41) is 0.302. The molecule has 186 valence electrons. The van der Waals surface area contributed by atoms with Crippen LogP contribution in [0.25, 0.3) is 0 Å². The summed E-state index contributed by atoms with van der Waals surface area (Å²) >= 11 is 2.59. The van der Waals surface area contributed by atoms with Gasteiger partial charge < -0.3 is 0 Å². The Kier molecular flexibility index (Phi) is 22.5. The maximum Gasteiger partial charge on any atom is 0.474 e. The van der Waals surface area contributed by atoms with Gasteiger partial charge in [0, 0.05) is 53.3 Å². The highest BCUT2D eigenvalue weighted by atomic mass is 32.2. The van der Waals surface area contributed by atoms with Crippen molar-refractivity contribution in [2.75, 3.05) is 53.2 Å². The first-order chi connectivity index (χ1) is 14.6. The lowest BCUT2D eigenvalue weighted by atomic mass is 10.4. The van der Waals surface area contributed by atoms with Gasteiger partial charge in [-0.3, -0.25) is 36.7 Å². The third-order valence-electron chi connectivity index (χ3n) is 3.33. The van der Waals surface area contributed by atoms with Crippen molar-refractivity contribution >= 4 is 49.4 Å². The first kappa shape index (κ1) is 33.4. The predicted molar refractivity (Wildman–Crippen MR) is 125 cm³/mol. The van der Waals surface area contributed by atoms with E-state index >= 15 is 0 Å². The van der Waals surface area contributed by atoms with Gasteiger partial charge in [0.1, 0.15) is 0 Å². The standard InChI is InChI=1S/C9H19O5PS.C8H17O5PS/c1-4-9(10)16-8-6-5-7-14-15(11,12-2)13-3;1-8(9)15-7-5-4-6-13-14(10,11-2)12-3/h4-8H2,1-3H3;4-7H2,1-3H3. The Morgan fingerprint density at radius 1 is 0.710 bits per heavy atom. The fourth-order valence-electron chi connectivity index (χ4n) is 1.62. The summed E-state index contributed by atoms with van der Waals surface area (Å²) < 4.78 is 51.1. The SMILES string of the molecule is CCC(=O)SCCCCOP(=O)(OC)OC.COP(=O)(OC)OCCCCSC(C)=O. The van der Waals surface area contributed by atoms with E-state index in [1.165, 1.54) is 58.9 Å². The fraction of sp³-hybridized carbons (Fsp3) is 0.882. The van der Waals surface area contributed by atoms with Crippen LogP contribution in [0.2, 0.25) is 0 Å². The highest BCUT2D eigenvalue weighted by Gasteiger charge is 2.22. The molecule has 0 saturated heterocycles. The Hall–Kier alpha value is 0.260. The molecular formula is C17H36O10P2S2. The summed E-state index contributed by atoms with van der Waals surface area (Å²) in [6, 6.07) is 0. The normalized spacial score (nSPS) is 11.7. The number of phosphoric ester groups is 2. The number of rotatable bonds is 17. The largest absolute Gasteiger partial charge is 0.474 e. The molecule has 10 nitrogen and oxygen atoms in total. The van der Waals surface area contributed by atoms with Gasteiger partial charge in [-0.05, 0) is 25.7 Å². The van der Waals surface area contributed by atoms with Crippen LogP contribution in [0.3, 0.4) is 0 Å². The van der Waals surface area contributed by atoms with E-state index in [9.17, 15) is 18.7 Å². The maximum absolute atomic E-state index is 11.4. The van der Waals surface area contributed by atoms with E-state index in [0.29, 0.717) is 19.6 Å². The maximum atomic E-state index is 11.4. The van der Waals surface area contributed by atoms with Gasteiger partial charge >= 0.3 is 15.6 Å². The van der Waals surface area contributed by atoms with E-state index in [1.807, 2.05) is 6.92 Å². The number of unbranched alkanes of at least 4 members (excludes halogenated alkanes) is 2. The number of hydrogen-bond donors (Lipinski definition) is 0. The number of carbonyl (C=O) groups is 2. The quantitative estimate of drug-likeness (QED) is 0.180. The van der Waals surface area contributed by atoms with Crippen LogP contribution in [-0.2, 0) is 45.9 Å². The van der Waals surface area contributed by atoms with Crippen LogP contribution in [0.4, 0.5) is 0 Å². The molecular weight excluding hydrogens is 490 g/mol. The van der Waals surface area contributed by atoms with Gasteiger partial charge in [0.25, 0.3) is 0 Å². The van der Waals surface area contributed by atoms with E-state index in [4.69, 9.17) is 9.05 Å². The van der Waals surface area contributed by atoms with Gasteiger partial charge in [0.15, 0.2) is 10.2 Å². The molecule has 0 unspecified atom stereocenters. The van der Waals surface area contributed by atoms with Crippen molar-refractivity contribution in [3.63, 3.8) is 0 Å². The minimum absolute atomic E-state index is 0.107. The second kappa shape index (κ2) is 20.8. The third-order valence-corrected chi connectivity index (χ3v) is 8.12. The zero-order valence-electron chi connectivity index (χ0n) is 19.2. The van der Waals surface area contributed by atoms with Gasteiger partial charge in [-0.25, -0.2) is 9.13 Å². The van der Waals surface area contributed by atoms with Crippen molar-refractivity contribution < 1.29 is 45.9 Å².